The molecular formula is C21H28N2O3. The van der Waals surface area contributed by atoms with E-state index in [1.807, 2.05) is 32.0 Å². The molecule has 2 aliphatic heterocycles. The topological polar surface area (TPSA) is 58.6 Å². The molecule has 3 rings (SSSR count). The van der Waals surface area contributed by atoms with Crippen LogP contribution in [-0.4, -0.2) is 41.5 Å². The van der Waals surface area contributed by atoms with Crippen molar-refractivity contribution in [2.75, 3.05) is 18.4 Å². The normalized spacial score (nSPS) is 20.0. The first kappa shape index (κ1) is 18.6. The largest absolute Gasteiger partial charge is 0.450 e. The van der Waals surface area contributed by atoms with E-state index in [0.717, 1.165) is 29.9 Å². The second-order valence-corrected chi connectivity index (χ2v) is 7.73. The van der Waals surface area contributed by atoms with Gasteiger partial charge in [-0.2, -0.15) is 0 Å². The number of hydrogen-bond acceptors (Lipinski definition) is 4. The molecule has 0 saturated carbocycles. The van der Waals surface area contributed by atoms with Gasteiger partial charge in [-0.15, -0.1) is 0 Å². The Morgan fingerprint density at radius 3 is 2.27 bits per heavy atom. The number of para-hydroxylation sites is 1. The van der Waals surface area contributed by atoms with Crippen LogP contribution in [0.1, 0.15) is 44.7 Å². The van der Waals surface area contributed by atoms with Crippen LogP contribution in [0.4, 0.5) is 5.69 Å². The van der Waals surface area contributed by atoms with E-state index in [4.69, 9.17) is 4.74 Å². The van der Waals surface area contributed by atoms with Gasteiger partial charge in [-0.25, -0.2) is 4.79 Å². The number of amides is 1. The molecule has 1 aromatic rings. The van der Waals surface area contributed by atoms with Crippen LogP contribution in [0.2, 0.25) is 0 Å². The van der Waals surface area contributed by atoms with Crippen LogP contribution in [0.5, 0.6) is 0 Å². The number of likely N-dealkylation sites (tertiary alicyclic amines) is 1. The van der Waals surface area contributed by atoms with Crippen LogP contribution in [0.3, 0.4) is 0 Å². The van der Waals surface area contributed by atoms with Gasteiger partial charge in [0.05, 0.1) is 5.57 Å². The molecule has 5 heteroatoms. The quantitative estimate of drug-likeness (QED) is 0.844. The first-order valence-electron chi connectivity index (χ1n) is 9.31. The van der Waals surface area contributed by atoms with Gasteiger partial charge in [-0.05, 0) is 45.7 Å². The Labute approximate surface area is 155 Å². The summed E-state index contributed by atoms with van der Waals surface area (Å²) in [6.07, 6.45) is 1.31. The molecule has 5 nitrogen and oxygen atoms in total. The molecule has 2 aliphatic rings. The average Bonchev–Trinajstić information content (AvgIpc) is 2.82. The smallest absolute Gasteiger partial charge is 0.335 e. The van der Waals surface area contributed by atoms with Crippen molar-refractivity contribution in [1.82, 2.24) is 4.90 Å². The second kappa shape index (κ2) is 6.88. The number of benzene rings is 1. The molecule has 0 atom stereocenters. The lowest BCUT2D eigenvalue weighted by Crippen LogP contribution is -2.49. The standard InChI is InChI=1S/C21H28N2O3/c1-13(2)23-11-9-21(10-12-23)17(16(5)20(25)26-21)19(24)22-18-14(3)7-6-8-15(18)4/h6-8,13H,9-12H2,1-5H3,(H,22,24). The highest BCUT2D eigenvalue weighted by Gasteiger charge is 2.51. The summed E-state index contributed by atoms with van der Waals surface area (Å²) >= 11 is 0. The number of aryl methyl sites for hydroxylation is 2. The fourth-order valence-electron chi connectivity index (χ4n) is 4.07. The lowest BCUT2D eigenvalue weighted by molar-refractivity contribution is -0.151. The van der Waals surface area contributed by atoms with Gasteiger partial charge in [-0.3, -0.25) is 4.79 Å². The van der Waals surface area contributed by atoms with Crippen molar-refractivity contribution < 1.29 is 14.3 Å². The Morgan fingerprint density at radius 1 is 1.15 bits per heavy atom. The van der Waals surface area contributed by atoms with E-state index >= 15 is 0 Å². The van der Waals surface area contributed by atoms with E-state index in [1.54, 1.807) is 6.92 Å². The van der Waals surface area contributed by atoms with Gasteiger partial charge in [0, 0.05) is 43.2 Å². The van der Waals surface area contributed by atoms with Crippen molar-refractivity contribution >= 4 is 17.6 Å². The molecule has 26 heavy (non-hydrogen) atoms. The molecule has 140 valence electrons. The number of piperidine rings is 1. The number of carbonyl (C=O) groups excluding carboxylic acids is 2. The lowest BCUT2D eigenvalue weighted by Gasteiger charge is -2.41. The maximum atomic E-state index is 13.1. The fourth-order valence-corrected chi connectivity index (χ4v) is 4.07. The van der Waals surface area contributed by atoms with Crippen LogP contribution in [0.15, 0.2) is 29.3 Å². The number of hydrogen-bond donors (Lipinski definition) is 1. The molecule has 0 aromatic heterocycles. The highest BCUT2D eigenvalue weighted by Crippen LogP contribution is 2.42. The van der Waals surface area contributed by atoms with Crippen molar-refractivity contribution in [2.45, 2.75) is 59.1 Å². The van der Waals surface area contributed by atoms with Crippen molar-refractivity contribution in [1.29, 1.82) is 0 Å². The SMILES string of the molecule is CC1=C(C(=O)Nc2c(C)cccc2C)C2(CCN(C(C)C)CC2)OC1=O. The van der Waals surface area contributed by atoms with E-state index in [9.17, 15) is 9.59 Å². The molecule has 1 saturated heterocycles. The molecule has 1 N–H and O–H groups in total. The zero-order chi connectivity index (χ0) is 19.1. The Hall–Kier alpha value is -2.14. The highest BCUT2D eigenvalue weighted by molar-refractivity contribution is 6.13. The third-order valence-corrected chi connectivity index (χ3v) is 5.71. The van der Waals surface area contributed by atoms with Crippen molar-refractivity contribution in [3.05, 3.63) is 40.5 Å². The van der Waals surface area contributed by atoms with Gasteiger partial charge in [0.25, 0.3) is 5.91 Å². The summed E-state index contributed by atoms with van der Waals surface area (Å²) in [6, 6.07) is 6.35. The Balaban J connectivity index is 1.88. The van der Waals surface area contributed by atoms with Gasteiger partial charge in [0.15, 0.2) is 0 Å². The van der Waals surface area contributed by atoms with Crippen LogP contribution in [-0.2, 0) is 14.3 Å². The third kappa shape index (κ3) is 3.16. The van der Waals surface area contributed by atoms with Gasteiger partial charge in [0.2, 0.25) is 0 Å². The predicted octanol–water partition coefficient (Wildman–Crippen LogP) is 3.36. The van der Waals surface area contributed by atoms with Crippen molar-refractivity contribution in [3.63, 3.8) is 0 Å². The number of nitrogens with one attached hydrogen (secondary N) is 1. The number of carbonyl (C=O) groups is 2. The van der Waals surface area contributed by atoms with Crippen LogP contribution >= 0.6 is 0 Å². The highest BCUT2D eigenvalue weighted by atomic mass is 16.6. The first-order valence-corrected chi connectivity index (χ1v) is 9.31. The monoisotopic (exact) mass is 356 g/mol. The Morgan fingerprint density at radius 2 is 1.73 bits per heavy atom. The van der Waals surface area contributed by atoms with Crippen molar-refractivity contribution in [3.8, 4) is 0 Å². The van der Waals surface area contributed by atoms with Gasteiger partial charge < -0.3 is 15.0 Å². The predicted molar refractivity (Wildman–Crippen MR) is 102 cm³/mol. The minimum absolute atomic E-state index is 0.219. The molecule has 0 radical (unpaired) electrons. The fraction of sp³-hybridized carbons (Fsp3) is 0.524. The zero-order valence-electron chi connectivity index (χ0n) is 16.3. The minimum Gasteiger partial charge on any atom is -0.450 e. The zero-order valence-corrected chi connectivity index (χ0v) is 16.3. The lowest BCUT2D eigenvalue weighted by atomic mass is 9.82. The van der Waals surface area contributed by atoms with Crippen LogP contribution < -0.4 is 5.32 Å². The summed E-state index contributed by atoms with van der Waals surface area (Å²) < 4.78 is 5.76. The minimum atomic E-state index is -0.784. The molecule has 2 heterocycles. The molecule has 0 aliphatic carbocycles. The number of rotatable bonds is 3. The maximum Gasteiger partial charge on any atom is 0.335 e. The summed E-state index contributed by atoms with van der Waals surface area (Å²) in [4.78, 5) is 27.8. The van der Waals surface area contributed by atoms with Crippen LogP contribution in [0.25, 0.3) is 0 Å². The second-order valence-electron chi connectivity index (χ2n) is 7.73. The molecule has 0 unspecified atom stereocenters. The summed E-state index contributed by atoms with van der Waals surface area (Å²) in [6.45, 7) is 11.6. The molecular weight excluding hydrogens is 328 g/mol. The van der Waals surface area contributed by atoms with E-state index in [-0.39, 0.29) is 11.9 Å². The first-order chi connectivity index (χ1) is 12.2. The van der Waals surface area contributed by atoms with Crippen molar-refractivity contribution in [2.24, 2.45) is 0 Å². The van der Waals surface area contributed by atoms with Crippen LogP contribution in [0, 0.1) is 13.8 Å². The third-order valence-electron chi connectivity index (χ3n) is 5.71. The summed E-state index contributed by atoms with van der Waals surface area (Å²) in [5.41, 5.74) is 2.98. The van der Waals surface area contributed by atoms with Gasteiger partial charge in [-0.1, -0.05) is 18.2 Å². The summed E-state index contributed by atoms with van der Waals surface area (Å²) in [5.74, 6) is -0.585. The number of nitrogens with zero attached hydrogens (tertiary/aromatic N) is 1. The van der Waals surface area contributed by atoms with E-state index < -0.39 is 5.60 Å². The summed E-state index contributed by atoms with van der Waals surface area (Å²) in [5, 5.41) is 3.03. The Bertz CT molecular complexity index is 751. The number of ether oxygens (including phenoxy) is 1. The molecule has 1 amide bonds. The Kier molecular flexibility index (Phi) is 4.93. The average molecular weight is 356 g/mol. The maximum absolute atomic E-state index is 13.1. The van der Waals surface area contributed by atoms with Gasteiger partial charge in [0.1, 0.15) is 5.60 Å². The molecule has 1 spiro atoms. The number of esters is 1. The summed E-state index contributed by atoms with van der Waals surface area (Å²) in [7, 11) is 0. The molecule has 1 aromatic carbocycles. The number of anilines is 1. The molecule has 1 fully saturated rings. The van der Waals surface area contributed by atoms with E-state index in [2.05, 4.69) is 24.1 Å². The van der Waals surface area contributed by atoms with E-state index in [1.165, 1.54) is 0 Å². The van der Waals surface area contributed by atoms with E-state index in [0.29, 0.717) is 30.0 Å². The van der Waals surface area contributed by atoms with Gasteiger partial charge >= 0.3 is 5.97 Å². The molecule has 0 bridgehead atoms.